The summed E-state index contributed by atoms with van der Waals surface area (Å²) in [4.78, 5) is 18.2. The monoisotopic (exact) mass is 393 g/mol. The molecule has 2 aromatic rings. The highest BCUT2D eigenvalue weighted by Crippen LogP contribution is 2.30. The van der Waals surface area contributed by atoms with Gasteiger partial charge in [-0.2, -0.15) is 0 Å². The summed E-state index contributed by atoms with van der Waals surface area (Å²) in [5.74, 6) is -0.307. The summed E-state index contributed by atoms with van der Waals surface area (Å²) in [6.07, 6.45) is -1.20. The maximum absolute atomic E-state index is 12.6. The summed E-state index contributed by atoms with van der Waals surface area (Å²) >= 11 is 0. The van der Waals surface area contributed by atoms with E-state index in [2.05, 4.69) is 15.0 Å². The molecular weight excluding hydrogens is 371 g/mol. The zero-order valence-corrected chi connectivity index (χ0v) is 15.3. The lowest BCUT2D eigenvalue weighted by Gasteiger charge is -2.26. The van der Waals surface area contributed by atoms with Crippen LogP contribution < -0.4 is 10.1 Å². The van der Waals surface area contributed by atoms with Gasteiger partial charge in [0, 0.05) is 37.3 Å². The molecule has 1 aliphatic heterocycles. The number of nitrogens with one attached hydrogen (secondary N) is 1. The molecule has 1 unspecified atom stereocenters. The molecule has 1 aromatic carbocycles. The van der Waals surface area contributed by atoms with Crippen LogP contribution in [-0.4, -0.2) is 34.7 Å². The molecule has 1 fully saturated rings. The predicted molar refractivity (Wildman–Crippen MR) is 97.3 cm³/mol. The Morgan fingerprint density at radius 2 is 1.96 bits per heavy atom. The molecule has 1 N–H and O–H groups in total. The van der Waals surface area contributed by atoms with E-state index in [4.69, 9.17) is 0 Å². The Balaban J connectivity index is 1.57. The van der Waals surface area contributed by atoms with Crippen molar-refractivity contribution in [1.29, 1.82) is 0 Å². The van der Waals surface area contributed by atoms with Gasteiger partial charge in [-0.3, -0.25) is 9.78 Å². The molecule has 5 nitrogen and oxygen atoms in total. The third-order valence-electron chi connectivity index (χ3n) is 4.68. The number of carbonyl (C=O) groups is 1. The molecule has 1 amide bonds. The normalized spacial score (nSPS) is 17.2. The van der Waals surface area contributed by atoms with Gasteiger partial charge in [0.2, 0.25) is 5.91 Å². The number of para-hydroxylation sites is 1. The smallest absolute Gasteiger partial charge is 0.405 e. The molecule has 8 heteroatoms. The summed E-state index contributed by atoms with van der Waals surface area (Å²) in [6, 6.07) is 11.6. The van der Waals surface area contributed by atoms with Crippen molar-refractivity contribution in [2.24, 2.45) is 0 Å². The third kappa shape index (κ3) is 5.69. The van der Waals surface area contributed by atoms with Crippen LogP contribution in [0.25, 0.3) is 0 Å². The van der Waals surface area contributed by atoms with Gasteiger partial charge in [0.15, 0.2) is 0 Å². The summed E-state index contributed by atoms with van der Waals surface area (Å²) in [6.45, 7) is 1.42. The van der Waals surface area contributed by atoms with Crippen molar-refractivity contribution in [3.8, 4) is 5.75 Å². The number of hydrogen-bond donors (Lipinski definition) is 1. The second-order valence-electron chi connectivity index (χ2n) is 6.66. The Morgan fingerprint density at radius 1 is 1.18 bits per heavy atom. The highest BCUT2D eigenvalue weighted by molar-refractivity contribution is 5.78. The first-order valence-corrected chi connectivity index (χ1v) is 9.16. The van der Waals surface area contributed by atoms with Crippen molar-refractivity contribution in [3.05, 3.63) is 59.9 Å². The average molecular weight is 393 g/mol. The van der Waals surface area contributed by atoms with Gasteiger partial charge in [0.25, 0.3) is 0 Å². The number of amides is 1. The largest absolute Gasteiger partial charge is 0.573 e. The molecule has 1 aromatic heterocycles. The number of alkyl halides is 3. The van der Waals surface area contributed by atoms with Gasteiger partial charge in [-0.1, -0.05) is 24.3 Å². The average Bonchev–Trinajstić information content (AvgIpc) is 3.00. The summed E-state index contributed by atoms with van der Waals surface area (Å²) < 4.78 is 42.0. The van der Waals surface area contributed by atoms with Crippen molar-refractivity contribution >= 4 is 5.91 Å². The number of likely N-dealkylation sites (tertiary alicyclic amines) is 1. The number of aromatic nitrogens is 1. The number of nitrogens with zero attached hydrogens (tertiary/aromatic N) is 2. The highest BCUT2D eigenvalue weighted by atomic mass is 19.4. The molecule has 0 aliphatic carbocycles. The van der Waals surface area contributed by atoms with Crippen molar-refractivity contribution in [2.45, 2.75) is 44.8 Å². The van der Waals surface area contributed by atoms with Gasteiger partial charge in [-0.05, 0) is 37.6 Å². The molecule has 1 aliphatic rings. The zero-order valence-electron chi connectivity index (χ0n) is 15.3. The summed E-state index contributed by atoms with van der Waals surface area (Å²) in [5.41, 5.74) is 1.28. The van der Waals surface area contributed by atoms with Crippen molar-refractivity contribution in [2.75, 3.05) is 6.54 Å². The zero-order chi connectivity index (χ0) is 20.0. The van der Waals surface area contributed by atoms with Crippen LogP contribution in [0.4, 0.5) is 13.2 Å². The van der Waals surface area contributed by atoms with Crippen molar-refractivity contribution in [1.82, 2.24) is 15.2 Å². The Bertz CT molecular complexity index is 784. The Morgan fingerprint density at radius 3 is 2.71 bits per heavy atom. The van der Waals surface area contributed by atoms with Crippen LogP contribution in [0.5, 0.6) is 5.75 Å². The molecular formula is C20H22F3N3O2. The molecule has 0 spiro atoms. The van der Waals surface area contributed by atoms with Crippen LogP contribution in [0.15, 0.2) is 48.7 Å². The number of benzene rings is 1. The minimum Gasteiger partial charge on any atom is -0.405 e. The Kier molecular flexibility index (Phi) is 6.51. The lowest BCUT2D eigenvalue weighted by molar-refractivity contribution is -0.275. The quantitative estimate of drug-likeness (QED) is 0.696. The standard InChI is InChI=1S/C20H22F3N3O2/c21-20(22,23)28-18-7-2-1-5-15(18)14-26-17(8-9-19(26)27)10-12-24-13-16-6-3-4-11-25-16/h1-7,11,17,24H,8-10,12-14H2. The van der Waals surface area contributed by atoms with Crippen LogP contribution in [0.1, 0.15) is 30.5 Å². The second-order valence-corrected chi connectivity index (χ2v) is 6.66. The summed E-state index contributed by atoms with van der Waals surface area (Å²) in [5, 5.41) is 3.30. The van der Waals surface area contributed by atoms with Gasteiger partial charge >= 0.3 is 6.36 Å². The van der Waals surface area contributed by atoms with E-state index >= 15 is 0 Å². The molecule has 1 atom stereocenters. The maximum atomic E-state index is 12.6. The van der Waals surface area contributed by atoms with E-state index in [1.54, 1.807) is 23.2 Å². The van der Waals surface area contributed by atoms with E-state index in [0.29, 0.717) is 31.5 Å². The van der Waals surface area contributed by atoms with Crippen LogP contribution in [0, 0.1) is 0 Å². The number of rotatable bonds is 8. The van der Waals surface area contributed by atoms with Crippen LogP contribution in [0.3, 0.4) is 0 Å². The Hall–Kier alpha value is -2.61. The SMILES string of the molecule is O=C1CCC(CCNCc2ccccn2)N1Cc1ccccc1OC(F)(F)F. The van der Waals surface area contributed by atoms with Gasteiger partial charge in [0.1, 0.15) is 5.75 Å². The van der Waals surface area contributed by atoms with E-state index in [1.165, 1.54) is 12.1 Å². The number of pyridine rings is 1. The molecule has 1 saturated heterocycles. The molecule has 0 bridgehead atoms. The van der Waals surface area contributed by atoms with Gasteiger partial charge in [-0.15, -0.1) is 13.2 Å². The van der Waals surface area contributed by atoms with E-state index < -0.39 is 6.36 Å². The lowest BCUT2D eigenvalue weighted by atomic mass is 10.1. The molecule has 0 saturated carbocycles. The molecule has 150 valence electrons. The predicted octanol–water partition coefficient (Wildman–Crippen LogP) is 3.65. The van der Waals surface area contributed by atoms with E-state index in [0.717, 1.165) is 12.1 Å². The lowest BCUT2D eigenvalue weighted by Crippen LogP contribution is -2.35. The first-order valence-electron chi connectivity index (χ1n) is 9.16. The van der Waals surface area contributed by atoms with Crippen LogP contribution in [-0.2, 0) is 17.9 Å². The number of ether oxygens (including phenoxy) is 1. The molecule has 2 heterocycles. The van der Waals surface area contributed by atoms with E-state index in [1.807, 2.05) is 18.2 Å². The van der Waals surface area contributed by atoms with Gasteiger partial charge in [0.05, 0.1) is 5.69 Å². The van der Waals surface area contributed by atoms with Gasteiger partial charge < -0.3 is 15.0 Å². The topological polar surface area (TPSA) is 54.5 Å². The van der Waals surface area contributed by atoms with Crippen molar-refractivity contribution in [3.63, 3.8) is 0 Å². The van der Waals surface area contributed by atoms with Crippen LogP contribution in [0.2, 0.25) is 0 Å². The third-order valence-corrected chi connectivity index (χ3v) is 4.68. The molecule has 3 rings (SSSR count). The Labute approximate surface area is 161 Å². The minimum atomic E-state index is -4.76. The number of halogens is 3. The molecule has 28 heavy (non-hydrogen) atoms. The van der Waals surface area contributed by atoms with Crippen LogP contribution >= 0.6 is 0 Å². The fraction of sp³-hybridized carbons (Fsp3) is 0.400. The first-order chi connectivity index (χ1) is 13.4. The minimum absolute atomic E-state index is 0.0114. The number of hydrogen-bond acceptors (Lipinski definition) is 4. The first kappa shape index (κ1) is 20.1. The molecule has 0 radical (unpaired) electrons. The fourth-order valence-electron chi connectivity index (χ4n) is 3.34. The maximum Gasteiger partial charge on any atom is 0.573 e. The number of carbonyl (C=O) groups excluding carboxylic acids is 1. The summed E-state index contributed by atoms with van der Waals surface area (Å²) in [7, 11) is 0. The van der Waals surface area contributed by atoms with Gasteiger partial charge in [-0.25, -0.2) is 0 Å². The van der Waals surface area contributed by atoms with Crippen molar-refractivity contribution < 1.29 is 22.7 Å². The fourth-order valence-corrected chi connectivity index (χ4v) is 3.34. The highest BCUT2D eigenvalue weighted by Gasteiger charge is 2.34. The van der Waals surface area contributed by atoms with E-state index in [-0.39, 0.29) is 24.2 Å². The van der Waals surface area contributed by atoms with E-state index in [9.17, 15) is 18.0 Å². The second kappa shape index (κ2) is 9.05.